The number of carbonyl (C=O) groups is 6. The van der Waals surface area contributed by atoms with E-state index >= 15 is 0 Å². The van der Waals surface area contributed by atoms with Crippen molar-refractivity contribution < 1.29 is 67.4 Å². The lowest BCUT2D eigenvalue weighted by atomic mass is 10.1. The van der Waals surface area contributed by atoms with Crippen LogP contribution in [0, 0.1) is 0 Å². The van der Waals surface area contributed by atoms with Crippen LogP contribution in [0.1, 0.15) is 146 Å². The number of benzene rings is 9. The Kier molecular flexibility index (Phi) is 40.1. The van der Waals surface area contributed by atoms with Gasteiger partial charge in [0.25, 0.3) is 0 Å². The van der Waals surface area contributed by atoms with Crippen molar-refractivity contribution in [2.45, 2.75) is 122 Å². The van der Waals surface area contributed by atoms with Crippen LogP contribution in [0.2, 0.25) is 0 Å². The van der Waals surface area contributed by atoms with Crippen molar-refractivity contribution in [2.24, 2.45) is 0 Å². The monoisotopic (exact) mass is 1500 g/mol. The van der Waals surface area contributed by atoms with Gasteiger partial charge in [-0.25, -0.2) is 14.4 Å². The maximum Gasteiger partial charge on any atom is 0.337 e. The van der Waals surface area contributed by atoms with Gasteiger partial charge in [0.2, 0.25) is 0 Å². The number of carboxylic acid groups (broad SMARTS) is 2. The van der Waals surface area contributed by atoms with Crippen molar-refractivity contribution in [1.29, 1.82) is 0 Å². The van der Waals surface area contributed by atoms with Gasteiger partial charge in [-0.1, -0.05) is 198 Å². The van der Waals surface area contributed by atoms with E-state index < -0.39 is 11.9 Å². The van der Waals surface area contributed by atoms with Gasteiger partial charge in [0.05, 0.1) is 38.0 Å². The van der Waals surface area contributed by atoms with Crippen LogP contribution in [-0.2, 0) is 86.1 Å². The Labute approximate surface area is 633 Å². The number of esters is 3. The minimum Gasteiger partial charge on any atom is -0.489 e. The molecule has 106 heavy (non-hydrogen) atoms. The number of aliphatic carboxylic acids is 1. The van der Waals surface area contributed by atoms with Gasteiger partial charge in [0.1, 0.15) is 42.9 Å². The second kappa shape index (κ2) is 50.2. The van der Waals surface area contributed by atoms with Crippen LogP contribution in [0.4, 0.5) is 0 Å². The summed E-state index contributed by atoms with van der Waals surface area (Å²) in [5, 5.41) is 22.3. The summed E-state index contributed by atoms with van der Waals surface area (Å²) in [6.07, 6.45) is 8.94. The van der Waals surface area contributed by atoms with Gasteiger partial charge < -0.3 is 48.7 Å². The second-order valence-electron chi connectivity index (χ2n) is 25.3. The number of carboxylic acids is 2. The normalized spacial score (nSPS) is 10.6. The number of rotatable bonds is 41. The molecule has 0 atom stereocenters. The fourth-order valence-electron chi connectivity index (χ4n) is 11.1. The van der Waals surface area contributed by atoms with E-state index in [4.69, 9.17) is 29.2 Å². The number of aromatic carboxylic acids is 1. The number of ether oxygens (including phenoxy) is 6. The molecule has 0 saturated carbocycles. The predicted molar refractivity (Wildman–Crippen MR) is 420 cm³/mol. The number of halogens is 1. The van der Waals surface area contributed by atoms with E-state index in [9.17, 15) is 28.8 Å². The molecule has 9 aromatic carbocycles. The zero-order valence-electron chi connectivity index (χ0n) is 61.6. The van der Waals surface area contributed by atoms with Crippen molar-refractivity contribution >= 4 is 51.6 Å². The highest BCUT2D eigenvalue weighted by Gasteiger charge is 2.15. The fraction of sp³-hybridized carbons (Fsp3) is 0.318. The quantitative estimate of drug-likeness (QED) is 0.0140. The number of methoxy groups -OCH3 is 3. The number of para-hydroxylation sites is 3. The standard InChI is InChI=1S/C30H35NO4.C28H31NO5.C21H27NO3.C9H9BrO2/c1-24(32)10-8-9-20-31(22-25-15-17-28(18-16-25)30(33)34-2)21-19-27-13-6-7-14-29(27)35-23-26-11-4-3-5-12-26;30-27(31)12-6-7-18-29(20-22-13-15-25(16-14-22)28(32)33)19-17-24-10-4-5-11-26(24)34-21-23-8-2-1-3-9-23;1-24-21(23)13-7-8-15-22-16-14-19-11-5-6-12-20(19)25-17-18-9-3-2-4-10-18;1-12-9(11)8-4-2-7(6-10)3-5-8/h3-7,11-18H,8-10,19-23H2,1-2H3;1-5,8-11,13-16H,6-7,12,17-21H2,(H,30,31)(H,32,33);2-6,9-12,22H,7-8,13-17H2,1H3;2-5H,6H2,1H3. The zero-order chi connectivity index (χ0) is 75.8. The number of alkyl halides is 1. The molecule has 0 spiro atoms. The number of unbranched alkanes of at least 4 members (excludes halogenated alkanes) is 3. The van der Waals surface area contributed by atoms with Crippen molar-refractivity contribution in [2.75, 3.05) is 60.6 Å². The topological polar surface area (TPSA) is 217 Å². The average Bonchev–Trinajstić information content (AvgIpc) is 0.890. The second-order valence-corrected chi connectivity index (χ2v) is 25.8. The molecule has 17 nitrogen and oxygen atoms in total. The number of ketones is 1. The maximum absolute atomic E-state index is 11.7. The predicted octanol–water partition coefficient (Wildman–Crippen LogP) is 17.2. The summed E-state index contributed by atoms with van der Waals surface area (Å²) >= 11 is 3.32. The lowest BCUT2D eigenvalue weighted by Crippen LogP contribution is -2.27. The SMILES string of the molecule is COC(=O)CCCCNCCc1ccccc1OCc1ccccc1.COC(=O)c1ccc(CBr)cc1.COC(=O)c1ccc(CN(CCCCC(C)=O)CCc2ccccc2OCc2ccccc2)cc1.O=C(O)CCCCN(CCc1ccccc1OCc1ccccc1)Cc1ccc(C(=O)O)cc1. The molecular formula is C88H102BrN3O14. The van der Waals surface area contributed by atoms with Crippen LogP contribution >= 0.6 is 15.9 Å². The zero-order valence-corrected chi connectivity index (χ0v) is 63.1. The van der Waals surface area contributed by atoms with Crippen LogP contribution in [-0.4, -0.2) is 116 Å². The molecule has 0 saturated heterocycles. The van der Waals surface area contributed by atoms with Gasteiger partial charge >= 0.3 is 29.8 Å². The molecule has 18 heteroatoms. The van der Waals surface area contributed by atoms with E-state index in [1.807, 2.05) is 170 Å². The van der Waals surface area contributed by atoms with Gasteiger partial charge in [0.15, 0.2) is 0 Å². The third kappa shape index (κ3) is 34.1. The molecule has 0 radical (unpaired) electrons. The lowest BCUT2D eigenvalue weighted by molar-refractivity contribution is -0.141. The number of nitrogens with zero attached hydrogens (tertiary/aromatic N) is 2. The molecule has 0 aliphatic carbocycles. The Morgan fingerprint density at radius 2 is 0.736 bits per heavy atom. The Hall–Kier alpha value is -10.2. The third-order valence-electron chi connectivity index (χ3n) is 17.1. The van der Waals surface area contributed by atoms with E-state index in [0.29, 0.717) is 56.8 Å². The van der Waals surface area contributed by atoms with E-state index in [0.717, 1.165) is 153 Å². The number of nitrogens with one attached hydrogen (secondary N) is 1. The van der Waals surface area contributed by atoms with Gasteiger partial charge in [-0.15, -0.1) is 0 Å². The number of carbonyl (C=O) groups excluding carboxylic acids is 4. The smallest absolute Gasteiger partial charge is 0.337 e. The molecule has 560 valence electrons. The Balaban J connectivity index is 0.000000233. The summed E-state index contributed by atoms with van der Waals surface area (Å²) in [7, 11) is 4.19. The molecule has 9 aromatic rings. The van der Waals surface area contributed by atoms with E-state index in [2.05, 4.69) is 83.0 Å². The first-order chi connectivity index (χ1) is 51.6. The van der Waals surface area contributed by atoms with E-state index in [1.54, 1.807) is 31.2 Å². The summed E-state index contributed by atoms with van der Waals surface area (Å²) in [5.74, 6) is 0.478. The minimum absolute atomic E-state index is 0.135. The third-order valence-corrected chi connectivity index (χ3v) is 17.7. The van der Waals surface area contributed by atoms with E-state index in [1.165, 1.54) is 38.0 Å². The van der Waals surface area contributed by atoms with Gasteiger partial charge in [-0.3, -0.25) is 19.4 Å². The van der Waals surface area contributed by atoms with Gasteiger partial charge in [-0.05, 0) is 196 Å². The van der Waals surface area contributed by atoms with Crippen molar-refractivity contribution in [3.05, 3.63) is 303 Å². The van der Waals surface area contributed by atoms with Crippen LogP contribution < -0.4 is 19.5 Å². The molecule has 3 N–H and O–H groups in total. The van der Waals surface area contributed by atoms with Crippen LogP contribution in [0.25, 0.3) is 0 Å². The fourth-order valence-corrected chi connectivity index (χ4v) is 11.5. The Morgan fingerprint density at radius 3 is 1.11 bits per heavy atom. The molecule has 0 aliphatic heterocycles. The molecule has 0 amide bonds. The number of Topliss-reactive ketones (excluding diaryl/α,β-unsaturated/α-hetero) is 1. The highest BCUT2D eigenvalue weighted by Crippen LogP contribution is 2.25. The summed E-state index contributed by atoms with van der Waals surface area (Å²) in [5.41, 5.74) is 11.6. The first kappa shape index (κ1) is 84.7. The maximum atomic E-state index is 11.7. The molecule has 0 unspecified atom stereocenters. The molecule has 9 rings (SSSR count). The summed E-state index contributed by atoms with van der Waals surface area (Å²) in [4.78, 5) is 71.8. The molecule has 0 bridgehead atoms. The minimum atomic E-state index is -0.941. The van der Waals surface area contributed by atoms with Crippen LogP contribution in [0.5, 0.6) is 17.2 Å². The average molecular weight is 1510 g/mol. The summed E-state index contributed by atoms with van der Waals surface area (Å²) in [6, 6.07) is 76.6. The number of hydrogen-bond donors (Lipinski definition) is 3. The molecule has 0 aliphatic rings. The summed E-state index contributed by atoms with van der Waals surface area (Å²) in [6.45, 7) is 9.82. The molecule has 0 fully saturated rings. The highest BCUT2D eigenvalue weighted by molar-refractivity contribution is 9.08. The van der Waals surface area contributed by atoms with Crippen molar-refractivity contribution in [3.8, 4) is 17.2 Å². The molecular weight excluding hydrogens is 1400 g/mol. The molecule has 0 aromatic heterocycles. The lowest BCUT2D eigenvalue weighted by Gasteiger charge is -2.23. The first-order valence-corrected chi connectivity index (χ1v) is 37.2. The number of hydrogen-bond acceptors (Lipinski definition) is 15. The van der Waals surface area contributed by atoms with Gasteiger partial charge in [-0.2, -0.15) is 0 Å². The van der Waals surface area contributed by atoms with Gasteiger partial charge in [0, 0.05) is 50.8 Å². The molecule has 0 heterocycles. The highest BCUT2D eigenvalue weighted by atomic mass is 79.9. The van der Waals surface area contributed by atoms with Crippen molar-refractivity contribution in [1.82, 2.24) is 15.1 Å². The Bertz CT molecular complexity index is 4000. The van der Waals surface area contributed by atoms with E-state index in [-0.39, 0.29) is 35.7 Å². The van der Waals surface area contributed by atoms with Crippen LogP contribution in [0.15, 0.2) is 237 Å². The first-order valence-electron chi connectivity index (χ1n) is 36.0. The summed E-state index contributed by atoms with van der Waals surface area (Å²) < 4.78 is 32.2. The van der Waals surface area contributed by atoms with Crippen LogP contribution in [0.3, 0.4) is 0 Å². The van der Waals surface area contributed by atoms with Crippen molar-refractivity contribution in [3.63, 3.8) is 0 Å². The largest absolute Gasteiger partial charge is 0.489 e. The Morgan fingerprint density at radius 1 is 0.368 bits per heavy atom.